The molecule has 12 rings (SSSR count). The van der Waals surface area contributed by atoms with Crippen molar-refractivity contribution in [3.05, 3.63) is 0 Å². The SMILES string of the molecule is C.C.C.C.CCC(C)(C)C(=O)OC1CC2CC(C(=O)OCOCC34CC5CC(CC(C5)C3)C4)C1C2.CCC(C)C(=O)OC1CC2CC(C(=O)OCOCC34CC5CC(CC(C5)C3)C4)C1C2. The summed E-state index contributed by atoms with van der Waals surface area (Å²) in [5.74, 6) is 5.69. The normalized spacial score (nSPS) is 40.8. The van der Waals surface area contributed by atoms with Crippen molar-refractivity contribution in [3.8, 4) is 0 Å². The Morgan fingerprint density at radius 3 is 1.23 bits per heavy atom. The smallest absolute Gasteiger partial charge is 0.311 e. The van der Waals surface area contributed by atoms with E-state index >= 15 is 0 Å². The van der Waals surface area contributed by atoms with Crippen LogP contribution in [0.15, 0.2) is 0 Å². The van der Waals surface area contributed by atoms with E-state index in [1.165, 1.54) is 77.0 Å². The molecule has 0 radical (unpaired) electrons. The molecular weight excluding hydrogens is 821 g/mol. The van der Waals surface area contributed by atoms with E-state index < -0.39 is 5.41 Å². The highest BCUT2D eigenvalue weighted by molar-refractivity contribution is 5.77. The highest BCUT2D eigenvalue weighted by Crippen LogP contribution is 2.61. The number of hydrogen-bond acceptors (Lipinski definition) is 10. The number of esters is 4. The van der Waals surface area contributed by atoms with Gasteiger partial charge in [-0.3, -0.25) is 19.2 Å². The van der Waals surface area contributed by atoms with E-state index in [1.54, 1.807) is 0 Å². The summed E-state index contributed by atoms with van der Waals surface area (Å²) in [4.78, 5) is 50.3. The fraction of sp³-hybridized carbons (Fsp3) is 0.927. The molecule has 12 fully saturated rings. The largest absolute Gasteiger partial charge is 0.462 e. The minimum Gasteiger partial charge on any atom is -0.462 e. The molecule has 0 N–H and O–H groups in total. The first-order valence-electron chi connectivity index (χ1n) is 25.1. The maximum atomic E-state index is 12.8. The van der Waals surface area contributed by atoms with Crippen LogP contribution in [0.1, 0.15) is 193 Å². The quantitative estimate of drug-likeness (QED) is 0.0640. The molecule has 9 unspecified atom stereocenters. The second-order valence-corrected chi connectivity index (χ2v) is 23.8. The lowest BCUT2D eigenvalue weighted by atomic mass is 9.50. The van der Waals surface area contributed by atoms with Gasteiger partial charge in [-0.1, -0.05) is 50.5 Å². The van der Waals surface area contributed by atoms with Crippen LogP contribution in [0, 0.1) is 93.2 Å². The first-order valence-corrected chi connectivity index (χ1v) is 25.1. The summed E-state index contributed by atoms with van der Waals surface area (Å²) in [5.41, 5.74) is 0.227. The standard InChI is InChI=1S/C26H40O5.C25H38O5.4CH4/c1-4-25(2,3)24(28)31-22-10-16-8-20(22)21(9-16)23(27)30-15-29-14-26-11-17-5-18(12-26)7-19(6-17)13-26;1-3-15(2)23(26)30-22-9-16-7-20(22)21(8-16)24(27)29-14-28-13-25-10-17-4-18(11-25)6-19(5-17)12-25;;;;/h16-22H,4-15H2,1-3H3;15-22H,3-14H2,1-2H3;4*1H4. The van der Waals surface area contributed by atoms with Crippen LogP contribution in [-0.2, 0) is 47.6 Å². The first kappa shape index (κ1) is 53.8. The average molecular weight is 915 g/mol. The van der Waals surface area contributed by atoms with Gasteiger partial charge in [0, 0.05) is 11.8 Å². The van der Waals surface area contributed by atoms with Crippen LogP contribution in [0.25, 0.3) is 0 Å². The van der Waals surface area contributed by atoms with Crippen molar-refractivity contribution < 1.29 is 47.6 Å². The Balaban J connectivity index is 0.000000230. The minimum atomic E-state index is -0.469. The zero-order valence-corrected chi connectivity index (χ0v) is 38.2. The summed E-state index contributed by atoms with van der Waals surface area (Å²) < 4.78 is 34.7. The Hall–Kier alpha value is -2.20. The zero-order valence-electron chi connectivity index (χ0n) is 38.2. The van der Waals surface area contributed by atoms with Gasteiger partial charge in [0.25, 0.3) is 0 Å². The van der Waals surface area contributed by atoms with Gasteiger partial charge in [0.1, 0.15) is 12.2 Å². The summed E-state index contributed by atoms with van der Waals surface area (Å²) in [7, 11) is 0. The third kappa shape index (κ3) is 11.5. The Kier molecular flexibility index (Phi) is 17.9. The van der Waals surface area contributed by atoms with Crippen molar-refractivity contribution in [1.82, 2.24) is 0 Å². The van der Waals surface area contributed by atoms with Crippen LogP contribution in [0.3, 0.4) is 0 Å². The monoisotopic (exact) mass is 915 g/mol. The van der Waals surface area contributed by atoms with Crippen molar-refractivity contribution in [3.63, 3.8) is 0 Å². The summed E-state index contributed by atoms with van der Waals surface area (Å²) in [6.07, 6.45) is 23.2. The molecule has 0 aliphatic heterocycles. The number of rotatable bonds is 16. The Labute approximate surface area is 395 Å². The summed E-state index contributed by atoms with van der Waals surface area (Å²) >= 11 is 0. The van der Waals surface area contributed by atoms with Crippen molar-refractivity contribution in [2.45, 2.75) is 205 Å². The third-order valence-electron chi connectivity index (χ3n) is 18.8. The van der Waals surface area contributed by atoms with Gasteiger partial charge in [0.2, 0.25) is 0 Å². The summed E-state index contributed by atoms with van der Waals surface area (Å²) in [5, 5.41) is 0. The zero-order chi connectivity index (χ0) is 42.7. The van der Waals surface area contributed by atoms with Gasteiger partial charge in [-0.2, -0.15) is 0 Å². The highest BCUT2D eigenvalue weighted by atomic mass is 16.7. The molecule has 10 heteroatoms. The molecule has 0 heterocycles. The van der Waals surface area contributed by atoms with Gasteiger partial charge < -0.3 is 28.4 Å². The lowest BCUT2D eigenvalue weighted by Crippen LogP contribution is -2.48. The van der Waals surface area contributed by atoms with E-state index in [-0.39, 0.29) is 109 Å². The fourth-order valence-electron chi connectivity index (χ4n) is 16.1. The first-order chi connectivity index (χ1) is 29.2. The molecule has 65 heavy (non-hydrogen) atoms. The second-order valence-electron chi connectivity index (χ2n) is 23.8. The molecular formula is C55H94O10. The van der Waals surface area contributed by atoms with Crippen molar-refractivity contribution >= 4 is 23.9 Å². The molecule has 374 valence electrons. The number of fused-ring (bicyclic) bond motifs is 4. The van der Waals surface area contributed by atoms with Gasteiger partial charge >= 0.3 is 23.9 Å². The summed E-state index contributed by atoms with van der Waals surface area (Å²) in [6.45, 7) is 11.4. The van der Waals surface area contributed by atoms with Gasteiger partial charge in [0.05, 0.1) is 36.4 Å². The van der Waals surface area contributed by atoms with Gasteiger partial charge in [0.15, 0.2) is 13.6 Å². The highest BCUT2D eigenvalue weighted by Gasteiger charge is 2.55. The van der Waals surface area contributed by atoms with Crippen molar-refractivity contribution in [2.24, 2.45) is 93.2 Å². The maximum Gasteiger partial charge on any atom is 0.311 e. The molecule has 0 amide bonds. The second kappa shape index (κ2) is 21.6. The molecule has 12 aliphatic carbocycles. The molecule has 0 aromatic rings. The van der Waals surface area contributed by atoms with E-state index in [0.717, 1.165) is 100 Å². The van der Waals surface area contributed by atoms with Crippen molar-refractivity contribution in [1.29, 1.82) is 0 Å². The molecule has 12 bridgehead atoms. The maximum absolute atomic E-state index is 12.8. The molecule has 10 nitrogen and oxygen atoms in total. The van der Waals surface area contributed by atoms with Crippen LogP contribution >= 0.6 is 0 Å². The Bertz CT molecular complexity index is 1550. The van der Waals surface area contributed by atoms with Gasteiger partial charge in [-0.15, -0.1) is 0 Å². The van der Waals surface area contributed by atoms with Crippen LogP contribution in [0.2, 0.25) is 0 Å². The molecule has 0 saturated heterocycles. The van der Waals surface area contributed by atoms with Crippen LogP contribution in [0.4, 0.5) is 0 Å². The van der Waals surface area contributed by atoms with E-state index in [2.05, 4.69) is 0 Å². The number of carbonyl (C=O) groups is 4. The molecule has 9 atom stereocenters. The van der Waals surface area contributed by atoms with Crippen LogP contribution in [-0.4, -0.2) is 62.9 Å². The van der Waals surface area contributed by atoms with E-state index in [9.17, 15) is 19.2 Å². The van der Waals surface area contributed by atoms with Crippen molar-refractivity contribution in [2.75, 3.05) is 26.8 Å². The van der Waals surface area contributed by atoms with Gasteiger partial charge in [-0.05, 0) is 200 Å². The summed E-state index contributed by atoms with van der Waals surface area (Å²) in [6, 6.07) is 0. The average Bonchev–Trinajstić information content (AvgIpc) is 4.02. The molecule has 0 spiro atoms. The molecule has 12 saturated carbocycles. The van der Waals surface area contributed by atoms with E-state index in [1.807, 2.05) is 34.6 Å². The Morgan fingerprint density at radius 2 is 0.892 bits per heavy atom. The predicted octanol–water partition coefficient (Wildman–Crippen LogP) is 12.4. The number of ether oxygens (including phenoxy) is 6. The molecule has 0 aromatic heterocycles. The molecule has 0 aromatic carbocycles. The topological polar surface area (TPSA) is 124 Å². The fourth-order valence-corrected chi connectivity index (χ4v) is 16.1. The van der Waals surface area contributed by atoms with E-state index in [0.29, 0.717) is 22.7 Å². The number of carbonyl (C=O) groups excluding carboxylic acids is 4. The predicted molar refractivity (Wildman–Crippen MR) is 254 cm³/mol. The van der Waals surface area contributed by atoms with E-state index in [4.69, 9.17) is 28.4 Å². The number of hydrogen-bond donors (Lipinski definition) is 0. The van der Waals surface area contributed by atoms with Crippen LogP contribution in [0.5, 0.6) is 0 Å². The van der Waals surface area contributed by atoms with Gasteiger partial charge in [-0.25, -0.2) is 0 Å². The lowest BCUT2D eigenvalue weighted by Gasteiger charge is -2.56. The third-order valence-corrected chi connectivity index (χ3v) is 18.8. The molecule has 12 aliphatic rings. The minimum absolute atomic E-state index is 0. The lowest BCUT2D eigenvalue weighted by molar-refractivity contribution is -0.177. The Morgan fingerprint density at radius 1 is 0.523 bits per heavy atom. The van der Waals surface area contributed by atoms with Crippen LogP contribution < -0.4 is 0 Å².